The molecule has 0 aliphatic heterocycles. The standard InChI is InChI=1S/C19H23NO4S/c1-13-3-9-16(10-4-13)25(22,23)18-17(19(18,11-20)12-21)14-5-7-15(24-2)8-6-14/h3-10,17-18,21H,11-12,20H2,1-2H3/t17-,18+,19-/m0/s1. The van der Waals surface area contributed by atoms with Crippen molar-refractivity contribution < 1.29 is 18.3 Å². The van der Waals surface area contributed by atoms with Gasteiger partial charge in [0, 0.05) is 17.9 Å². The third kappa shape index (κ3) is 2.84. The van der Waals surface area contributed by atoms with E-state index in [0.717, 1.165) is 11.1 Å². The minimum atomic E-state index is -3.60. The zero-order valence-electron chi connectivity index (χ0n) is 14.3. The van der Waals surface area contributed by atoms with Crippen LogP contribution in [0.2, 0.25) is 0 Å². The summed E-state index contributed by atoms with van der Waals surface area (Å²) in [5.74, 6) is 0.365. The molecule has 1 saturated carbocycles. The second kappa shape index (κ2) is 6.44. The average Bonchev–Trinajstić information content (AvgIpc) is 3.33. The summed E-state index contributed by atoms with van der Waals surface area (Å²) < 4.78 is 31.5. The van der Waals surface area contributed by atoms with Gasteiger partial charge in [-0.15, -0.1) is 0 Å². The molecular weight excluding hydrogens is 338 g/mol. The van der Waals surface area contributed by atoms with Crippen LogP contribution in [0.1, 0.15) is 17.0 Å². The summed E-state index contributed by atoms with van der Waals surface area (Å²) in [6, 6.07) is 14.1. The van der Waals surface area contributed by atoms with Crippen LogP contribution in [0.4, 0.5) is 0 Å². The number of rotatable bonds is 6. The predicted molar refractivity (Wildman–Crippen MR) is 96.5 cm³/mol. The molecule has 0 radical (unpaired) electrons. The Hall–Kier alpha value is -1.89. The van der Waals surface area contributed by atoms with E-state index in [-0.39, 0.29) is 24.0 Å². The second-order valence-electron chi connectivity index (χ2n) is 6.62. The number of aliphatic hydroxyl groups excluding tert-OH is 1. The highest BCUT2D eigenvalue weighted by molar-refractivity contribution is 7.92. The summed E-state index contributed by atoms with van der Waals surface area (Å²) in [5.41, 5.74) is 6.90. The van der Waals surface area contributed by atoms with Crippen LogP contribution in [0, 0.1) is 12.3 Å². The van der Waals surface area contributed by atoms with Crippen LogP contribution in [0.3, 0.4) is 0 Å². The van der Waals surface area contributed by atoms with Crippen molar-refractivity contribution in [2.45, 2.75) is 23.0 Å². The molecule has 6 heteroatoms. The van der Waals surface area contributed by atoms with E-state index >= 15 is 0 Å². The lowest BCUT2D eigenvalue weighted by atomic mass is 10.00. The number of sulfone groups is 1. The van der Waals surface area contributed by atoms with Crippen molar-refractivity contribution in [1.29, 1.82) is 0 Å². The zero-order chi connectivity index (χ0) is 18.2. The highest BCUT2D eigenvalue weighted by atomic mass is 32.2. The van der Waals surface area contributed by atoms with Crippen LogP contribution >= 0.6 is 0 Å². The molecule has 3 rings (SSSR count). The molecule has 1 aliphatic rings. The van der Waals surface area contributed by atoms with Gasteiger partial charge in [0.1, 0.15) is 5.75 Å². The maximum Gasteiger partial charge on any atom is 0.182 e. The molecular formula is C19H23NO4S. The van der Waals surface area contributed by atoms with Gasteiger partial charge in [-0.2, -0.15) is 0 Å². The first-order chi connectivity index (χ1) is 11.9. The van der Waals surface area contributed by atoms with Crippen LogP contribution in [0.15, 0.2) is 53.4 Å². The molecule has 0 heterocycles. The van der Waals surface area contributed by atoms with Crippen LogP contribution < -0.4 is 10.5 Å². The Morgan fingerprint density at radius 1 is 1.12 bits per heavy atom. The number of aryl methyl sites for hydroxylation is 1. The molecule has 0 bridgehead atoms. The van der Waals surface area contributed by atoms with Gasteiger partial charge >= 0.3 is 0 Å². The summed E-state index contributed by atoms with van der Waals surface area (Å²) in [5, 5.41) is 9.21. The number of hydrogen-bond acceptors (Lipinski definition) is 5. The fourth-order valence-corrected chi connectivity index (χ4v) is 6.08. The molecule has 5 nitrogen and oxygen atoms in total. The topological polar surface area (TPSA) is 89.6 Å². The zero-order valence-corrected chi connectivity index (χ0v) is 15.2. The molecule has 134 valence electrons. The summed E-state index contributed by atoms with van der Waals surface area (Å²) in [4.78, 5) is 0.269. The molecule has 3 N–H and O–H groups in total. The first-order valence-corrected chi connectivity index (χ1v) is 9.71. The van der Waals surface area contributed by atoms with Gasteiger partial charge in [-0.05, 0) is 36.8 Å². The molecule has 0 saturated heterocycles. The van der Waals surface area contributed by atoms with Crippen molar-refractivity contribution in [1.82, 2.24) is 0 Å². The van der Waals surface area contributed by atoms with E-state index in [0.29, 0.717) is 5.75 Å². The molecule has 1 fully saturated rings. The van der Waals surface area contributed by atoms with Crippen molar-refractivity contribution in [2.75, 3.05) is 20.3 Å². The number of nitrogens with two attached hydrogens (primary N) is 1. The Morgan fingerprint density at radius 3 is 2.20 bits per heavy atom. The largest absolute Gasteiger partial charge is 0.497 e. The predicted octanol–water partition coefficient (Wildman–Crippen LogP) is 1.88. The lowest BCUT2D eigenvalue weighted by Gasteiger charge is -2.12. The average molecular weight is 361 g/mol. The number of aliphatic hydroxyl groups is 1. The smallest absolute Gasteiger partial charge is 0.182 e. The maximum atomic E-state index is 13.2. The Kier molecular flexibility index (Phi) is 4.62. The fraction of sp³-hybridized carbons (Fsp3) is 0.368. The van der Waals surface area contributed by atoms with Gasteiger partial charge in [0.05, 0.1) is 23.9 Å². The van der Waals surface area contributed by atoms with Crippen molar-refractivity contribution >= 4 is 9.84 Å². The Balaban J connectivity index is 2.02. The van der Waals surface area contributed by atoms with Gasteiger partial charge in [0.25, 0.3) is 0 Å². The van der Waals surface area contributed by atoms with Crippen LogP contribution in [0.25, 0.3) is 0 Å². The Morgan fingerprint density at radius 2 is 1.72 bits per heavy atom. The lowest BCUT2D eigenvalue weighted by molar-refractivity contribution is 0.212. The van der Waals surface area contributed by atoms with E-state index < -0.39 is 20.5 Å². The minimum Gasteiger partial charge on any atom is -0.497 e. The SMILES string of the molecule is COc1ccc([C@H]2[C@@H](S(=O)(=O)c3ccc(C)cc3)[C@@]2(CN)CO)cc1. The van der Waals surface area contributed by atoms with Gasteiger partial charge in [-0.1, -0.05) is 29.8 Å². The molecule has 2 aromatic rings. The minimum absolute atomic E-state index is 0.107. The molecule has 0 aromatic heterocycles. The highest BCUT2D eigenvalue weighted by Gasteiger charge is 2.70. The second-order valence-corrected chi connectivity index (χ2v) is 8.69. The van der Waals surface area contributed by atoms with E-state index in [4.69, 9.17) is 10.5 Å². The molecule has 2 aromatic carbocycles. The number of hydrogen-bond donors (Lipinski definition) is 2. The van der Waals surface area contributed by atoms with E-state index in [1.807, 2.05) is 19.1 Å². The summed E-state index contributed by atoms with van der Waals surface area (Å²) in [6.07, 6.45) is 0. The molecule has 1 aliphatic carbocycles. The van der Waals surface area contributed by atoms with Gasteiger partial charge in [0.15, 0.2) is 9.84 Å². The molecule has 0 amide bonds. The van der Waals surface area contributed by atoms with Gasteiger partial charge in [0.2, 0.25) is 0 Å². The van der Waals surface area contributed by atoms with E-state index in [2.05, 4.69) is 0 Å². The molecule has 0 unspecified atom stereocenters. The van der Waals surface area contributed by atoms with E-state index in [9.17, 15) is 13.5 Å². The normalized spacial score (nSPS) is 25.6. The van der Waals surface area contributed by atoms with E-state index in [1.165, 1.54) is 0 Å². The van der Waals surface area contributed by atoms with Crippen molar-refractivity contribution in [2.24, 2.45) is 11.1 Å². The summed E-state index contributed by atoms with van der Waals surface area (Å²) in [7, 11) is -2.02. The maximum absolute atomic E-state index is 13.2. The van der Waals surface area contributed by atoms with Crippen molar-refractivity contribution in [3.63, 3.8) is 0 Å². The summed E-state index contributed by atoms with van der Waals surface area (Å²) >= 11 is 0. The van der Waals surface area contributed by atoms with Crippen molar-refractivity contribution in [3.05, 3.63) is 59.7 Å². The monoisotopic (exact) mass is 361 g/mol. The lowest BCUT2D eigenvalue weighted by Crippen LogP contribution is -2.27. The molecule has 25 heavy (non-hydrogen) atoms. The number of methoxy groups -OCH3 is 1. The first-order valence-electron chi connectivity index (χ1n) is 8.16. The van der Waals surface area contributed by atoms with Crippen LogP contribution in [-0.2, 0) is 9.84 Å². The van der Waals surface area contributed by atoms with Crippen molar-refractivity contribution in [3.8, 4) is 5.75 Å². The molecule has 0 spiro atoms. The fourth-order valence-electron chi connectivity index (χ4n) is 3.63. The third-order valence-corrected chi connectivity index (χ3v) is 7.55. The number of ether oxygens (including phenoxy) is 1. The third-order valence-electron chi connectivity index (χ3n) is 5.21. The Labute approximate surface area is 148 Å². The van der Waals surface area contributed by atoms with Gasteiger partial charge < -0.3 is 15.6 Å². The van der Waals surface area contributed by atoms with Gasteiger partial charge in [-0.25, -0.2) is 8.42 Å². The van der Waals surface area contributed by atoms with E-state index in [1.54, 1.807) is 43.5 Å². The van der Waals surface area contributed by atoms with Crippen LogP contribution in [0.5, 0.6) is 5.75 Å². The highest BCUT2D eigenvalue weighted by Crippen LogP contribution is 2.63. The first kappa shape index (κ1) is 17.9. The Bertz CT molecular complexity index is 840. The van der Waals surface area contributed by atoms with Gasteiger partial charge in [-0.3, -0.25) is 0 Å². The number of benzene rings is 2. The quantitative estimate of drug-likeness (QED) is 0.820. The summed E-state index contributed by atoms with van der Waals surface area (Å²) in [6.45, 7) is 1.75. The van der Waals surface area contributed by atoms with Crippen LogP contribution in [-0.4, -0.2) is 39.0 Å². The molecule has 3 atom stereocenters.